The fourth-order valence-corrected chi connectivity index (χ4v) is 4.82. The first-order chi connectivity index (χ1) is 13.8. The topological polar surface area (TPSA) is 68.1 Å². The van der Waals surface area contributed by atoms with Crippen molar-refractivity contribution < 1.29 is 8.42 Å². The van der Waals surface area contributed by atoms with Gasteiger partial charge in [0.15, 0.2) is 0 Å². The van der Waals surface area contributed by atoms with Gasteiger partial charge in [-0.05, 0) is 51.3 Å². The summed E-state index contributed by atoms with van der Waals surface area (Å²) in [7, 11) is -1.35. The zero-order valence-electron chi connectivity index (χ0n) is 18.5. The van der Waals surface area contributed by atoms with E-state index in [0.29, 0.717) is 25.4 Å². The Morgan fingerprint density at radius 2 is 1.90 bits per heavy atom. The molecule has 0 radical (unpaired) electrons. The van der Waals surface area contributed by atoms with Crippen LogP contribution in [-0.4, -0.2) is 40.7 Å². The lowest BCUT2D eigenvalue weighted by Crippen LogP contribution is -2.25. The van der Waals surface area contributed by atoms with E-state index >= 15 is 0 Å². The van der Waals surface area contributed by atoms with Crippen LogP contribution in [0.2, 0.25) is 0 Å². The number of imidazole rings is 1. The number of pyridine rings is 1. The Kier molecular flexibility index (Phi) is 8.83. The van der Waals surface area contributed by atoms with E-state index in [1.54, 1.807) is 12.4 Å². The van der Waals surface area contributed by atoms with Crippen molar-refractivity contribution in [2.24, 2.45) is 5.92 Å². The summed E-state index contributed by atoms with van der Waals surface area (Å²) in [6.07, 6.45) is 7.04. The average Bonchev–Trinajstić information content (AvgIpc) is 3.09. The second-order valence-electron chi connectivity index (χ2n) is 8.24. The van der Waals surface area contributed by atoms with Gasteiger partial charge in [-0.2, -0.15) is 0 Å². The zero-order valence-corrected chi connectivity index (χ0v) is 19.3. The van der Waals surface area contributed by atoms with Crippen molar-refractivity contribution in [1.29, 1.82) is 0 Å². The number of unbranched alkanes of at least 4 members (excludes halogenated alkanes) is 1. The summed E-state index contributed by atoms with van der Waals surface area (Å²) in [6, 6.07) is 6.03. The van der Waals surface area contributed by atoms with Crippen LogP contribution in [0, 0.1) is 5.92 Å². The van der Waals surface area contributed by atoms with E-state index in [1.807, 2.05) is 29.8 Å². The third kappa shape index (κ3) is 6.64. The fourth-order valence-electron chi connectivity index (χ4n) is 3.34. The Morgan fingerprint density at radius 3 is 2.52 bits per heavy atom. The molecule has 1 unspecified atom stereocenters. The van der Waals surface area contributed by atoms with E-state index in [9.17, 15) is 8.42 Å². The monoisotopic (exact) mass is 420 g/mol. The summed E-state index contributed by atoms with van der Waals surface area (Å²) in [6.45, 7) is 9.75. The zero-order chi connectivity index (χ0) is 21.4. The van der Waals surface area contributed by atoms with Crippen LogP contribution in [0.4, 0.5) is 0 Å². The SMILES string of the molecule is CCCCn1c(CN(C)C(C)c2ccccn2)cnc1S(=O)(=O)CCCC(C)C. The number of aromatic nitrogens is 3. The minimum atomic E-state index is -3.38. The largest absolute Gasteiger partial charge is 0.318 e. The predicted molar refractivity (Wildman–Crippen MR) is 117 cm³/mol. The van der Waals surface area contributed by atoms with Gasteiger partial charge >= 0.3 is 0 Å². The van der Waals surface area contributed by atoms with E-state index in [-0.39, 0.29) is 17.0 Å². The molecular weight excluding hydrogens is 384 g/mol. The van der Waals surface area contributed by atoms with Crippen LogP contribution < -0.4 is 0 Å². The molecule has 7 heteroatoms. The van der Waals surface area contributed by atoms with Crippen LogP contribution in [-0.2, 0) is 22.9 Å². The molecular formula is C22H36N4O2S. The molecule has 0 aromatic carbocycles. The van der Waals surface area contributed by atoms with Gasteiger partial charge in [0.1, 0.15) is 0 Å². The molecule has 0 spiro atoms. The highest BCUT2D eigenvalue weighted by molar-refractivity contribution is 7.91. The summed E-state index contributed by atoms with van der Waals surface area (Å²) in [5.41, 5.74) is 1.93. The van der Waals surface area contributed by atoms with Gasteiger partial charge in [0.2, 0.25) is 15.0 Å². The van der Waals surface area contributed by atoms with E-state index < -0.39 is 9.84 Å². The normalized spacial score (nSPS) is 13.3. The Hall–Kier alpha value is -1.73. The maximum Gasteiger partial charge on any atom is 0.227 e. The van der Waals surface area contributed by atoms with Crippen LogP contribution in [0.3, 0.4) is 0 Å². The minimum absolute atomic E-state index is 0.122. The number of hydrogen-bond acceptors (Lipinski definition) is 5. The van der Waals surface area contributed by atoms with Crippen molar-refractivity contribution in [2.45, 2.75) is 77.7 Å². The second kappa shape index (κ2) is 10.9. The third-order valence-corrected chi connectivity index (χ3v) is 7.01. The summed E-state index contributed by atoms with van der Waals surface area (Å²) in [5.74, 6) is 0.663. The molecule has 2 heterocycles. The smallest absolute Gasteiger partial charge is 0.227 e. The molecule has 0 saturated heterocycles. The molecule has 0 saturated carbocycles. The molecule has 6 nitrogen and oxygen atoms in total. The molecule has 0 aliphatic rings. The highest BCUT2D eigenvalue weighted by atomic mass is 32.2. The molecule has 2 aromatic heterocycles. The highest BCUT2D eigenvalue weighted by Gasteiger charge is 2.24. The molecule has 0 N–H and O–H groups in total. The van der Waals surface area contributed by atoms with Gasteiger partial charge in [-0.15, -0.1) is 0 Å². The van der Waals surface area contributed by atoms with Gasteiger partial charge in [0, 0.05) is 25.3 Å². The lowest BCUT2D eigenvalue weighted by atomic mass is 10.1. The van der Waals surface area contributed by atoms with Crippen molar-refractivity contribution >= 4 is 9.84 Å². The first-order valence-electron chi connectivity index (χ1n) is 10.6. The van der Waals surface area contributed by atoms with Crippen LogP contribution in [0.5, 0.6) is 0 Å². The van der Waals surface area contributed by atoms with Gasteiger partial charge in [-0.1, -0.05) is 33.3 Å². The van der Waals surface area contributed by atoms with Crippen molar-refractivity contribution in [3.63, 3.8) is 0 Å². The highest BCUT2D eigenvalue weighted by Crippen LogP contribution is 2.22. The molecule has 1 atom stereocenters. The third-order valence-electron chi connectivity index (χ3n) is 5.30. The molecule has 2 rings (SSSR count). The number of nitrogens with zero attached hydrogens (tertiary/aromatic N) is 4. The summed E-state index contributed by atoms with van der Waals surface area (Å²) >= 11 is 0. The second-order valence-corrected chi connectivity index (χ2v) is 10.2. The van der Waals surface area contributed by atoms with E-state index in [1.165, 1.54) is 0 Å². The Bertz CT molecular complexity index is 847. The molecule has 29 heavy (non-hydrogen) atoms. The Labute approximate surface area is 176 Å². The van der Waals surface area contributed by atoms with Crippen molar-refractivity contribution in [1.82, 2.24) is 19.4 Å². The standard InChI is InChI=1S/C22H36N4O2S/c1-6-7-14-26-20(17-25(5)19(4)21-12-8-9-13-23-21)16-24-22(26)29(27,28)15-10-11-18(2)3/h8-9,12-13,16,18-19H,6-7,10-11,14-15,17H2,1-5H3. The Morgan fingerprint density at radius 1 is 1.14 bits per heavy atom. The number of hydrogen-bond donors (Lipinski definition) is 0. The lowest BCUT2D eigenvalue weighted by molar-refractivity contribution is 0.241. The van der Waals surface area contributed by atoms with Crippen LogP contribution in [0.15, 0.2) is 35.7 Å². The molecule has 0 fully saturated rings. The number of sulfone groups is 1. The molecule has 162 valence electrons. The number of rotatable bonds is 12. The van der Waals surface area contributed by atoms with E-state index in [4.69, 9.17) is 0 Å². The van der Waals surface area contributed by atoms with Crippen LogP contribution >= 0.6 is 0 Å². The first kappa shape index (κ1) is 23.5. The van der Waals surface area contributed by atoms with Crippen molar-refractivity contribution in [3.05, 3.63) is 42.0 Å². The van der Waals surface area contributed by atoms with E-state index in [2.05, 4.69) is 42.6 Å². The molecule has 0 bridgehead atoms. The van der Waals surface area contributed by atoms with Gasteiger partial charge in [0.25, 0.3) is 0 Å². The molecule has 2 aromatic rings. The van der Waals surface area contributed by atoms with Gasteiger partial charge in [-0.3, -0.25) is 9.88 Å². The van der Waals surface area contributed by atoms with Crippen LogP contribution in [0.1, 0.15) is 70.8 Å². The van der Waals surface area contributed by atoms with Crippen molar-refractivity contribution in [3.8, 4) is 0 Å². The first-order valence-corrected chi connectivity index (χ1v) is 12.3. The Balaban J connectivity index is 2.21. The van der Waals surface area contributed by atoms with Gasteiger partial charge < -0.3 is 4.57 Å². The van der Waals surface area contributed by atoms with Gasteiger partial charge in [-0.25, -0.2) is 13.4 Å². The minimum Gasteiger partial charge on any atom is -0.318 e. The quantitative estimate of drug-likeness (QED) is 0.506. The molecule has 0 amide bonds. The predicted octanol–water partition coefficient (Wildman–Crippen LogP) is 4.48. The summed E-state index contributed by atoms with van der Waals surface area (Å²) < 4.78 is 27.8. The lowest BCUT2D eigenvalue weighted by Gasteiger charge is -2.25. The van der Waals surface area contributed by atoms with Crippen molar-refractivity contribution in [2.75, 3.05) is 12.8 Å². The molecule has 0 aliphatic heterocycles. The maximum absolute atomic E-state index is 12.9. The summed E-state index contributed by atoms with van der Waals surface area (Å²) in [4.78, 5) is 11.0. The van der Waals surface area contributed by atoms with Gasteiger partial charge in [0.05, 0.1) is 23.3 Å². The van der Waals surface area contributed by atoms with Crippen LogP contribution in [0.25, 0.3) is 0 Å². The summed E-state index contributed by atoms with van der Waals surface area (Å²) in [5, 5.41) is 0.226. The molecule has 0 aliphatic carbocycles. The average molecular weight is 421 g/mol. The fraction of sp³-hybridized carbons (Fsp3) is 0.636. The maximum atomic E-state index is 12.9. The van der Waals surface area contributed by atoms with E-state index in [0.717, 1.165) is 30.7 Å².